The van der Waals surface area contributed by atoms with Gasteiger partial charge in [-0.15, -0.1) is 0 Å². The Morgan fingerprint density at radius 1 is 1.23 bits per heavy atom. The molecule has 0 saturated heterocycles. The van der Waals surface area contributed by atoms with Crippen LogP contribution in [0.4, 0.5) is 5.69 Å². The van der Waals surface area contributed by atoms with E-state index in [-0.39, 0.29) is 27.4 Å². The first-order valence-electron chi connectivity index (χ1n) is 8.04. The molecule has 0 fully saturated rings. The third-order valence-electron chi connectivity index (χ3n) is 3.80. The van der Waals surface area contributed by atoms with Crippen LogP contribution in [0.25, 0.3) is 0 Å². The van der Waals surface area contributed by atoms with E-state index < -0.39 is 10.0 Å². The second-order valence-electron chi connectivity index (χ2n) is 5.77. The molecule has 0 aliphatic heterocycles. The number of anilines is 1. The highest BCUT2D eigenvalue weighted by molar-refractivity contribution is 7.92. The lowest BCUT2D eigenvalue weighted by atomic mass is 10.2. The van der Waals surface area contributed by atoms with Crippen molar-refractivity contribution in [3.05, 3.63) is 53.1 Å². The molecule has 0 aromatic heterocycles. The van der Waals surface area contributed by atoms with Gasteiger partial charge in [0.2, 0.25) is 0 Å². The monoisotopic (exact) mass is 396 g/mol. The second kappa shape index (κ2) is 8.42. The van der Waals surface area contributed by atoms with E-state index in [4.69, 9.17) is 16.3 Å². The van der Waals surface area contributed by atoms with Gasteiger partial charge in [-0.3, -0.25) is 9.52 Å². The van der Waals surface area contributed by atoms with E-state index in [1.54, 1.807) is 18.2 Å². The Kier molecular flexibility index (Phi) is 6.50. The number of nitrogens with one attached hydrogen (secondary N) is 2. The highest BCUT2D eigenvalue weighted by Crippen LogP contribution is 2.28. The van der Waals surface area contributed by atoms with E-state index in [0.717, 1.165) is 6.42 Å². The van der Waals surface area contributed by atoms with Crippen molar-refractivity contribution >= 4 is 33.2 Å². The Hall–Kier alpha value is -2.25. The molecule has 2 aromatic rings. The zero-order valence-electron chi connectivity index (χ0n) is 14.7. The molecule has 8 heteroatoms. The number of amides is 1. The summed E-state index contributed by atoms with van der Waals surface area (Å²) < 4.78 is 32.7. The van der Waals surface area contributed by atoms with Crippen molar-refractivity contribution in [3.8, 4) is 5.75 Å². The Labute approximate surface area is 158 Å². The number of hydrogen-bond donors (Lipinski definition) is 2. The predicted octanol–water partition coefficient (Wildman–Crippen LogP) is 3.68. The van der Waals surface area contributed by atoms with Crippen molar-refractivity contribution in [1.82, 2.24) is 5.32 Å². The molecule has 2 N–H and O–H groups in total. The lowest BCUT2D eigenvalue weighted by Gasteiger charge is -2.13. The van der Waals surface area contributed by atoms with Crippen LogP contribution in [0.2, 0.25) is 5.02 Å². The van der Waals surface area contributed by atoms with Crippen molar-refractivity contribution in [2.24, 2.45) is 0 Å². The van der Waals surface area contributed by atoms with E-state index in [1.807, 2.05) is 13.8 Å². The number of halogens is 1. The zero-order valence-corrected chi connectivity index (χ0v) is 16.3. The molecule has 140 valence electrons. The maximum Gasteiger partial charge on any atom is 0.261 e. The van der Waals surface area contributed by atoms with Crippen LogP contribution in [-0.4, -0.2) is 27.5 Å². The number of hydrogen-bond acceptors (Lipinski definition) is 4. The van der Waals surface area contributed by atoms with Crippen LogP contribution in [0.1, 0.15) is 30.6 Å². The first-order valence-corrected chi connectivity index (χ1v) is 9.90. The van der Waals surface area contributed by atoms with Crippen molar-refractivity contribution < 1.29 is 17.9 Å². The average Bonchev–Trinajstić information content (AvgIpc) is 2.61. The molecule has 1 atom stereocenters. The molecule has 0 saturated carbocycles. The fourth-order valence-corrected chi connectivity index (χ4v) is 3.51. The molecule has 0 bridgehead atoms. The summed E-state index contributed by atoms with van der Waals surface area (Å²) in [6.45, 7) is 3.84. The van der Waals surface area contributed by atoms with Gasteiger partial charge in [0.25, 0.3) is 15.9 Å². The lowest BCUT2D eigenvalue weighted by molar-refractivity contribution is 0.0939. The van der Waals surface area contributed by atoms with Crippen molar-refractivity contribution in [3.63, 3.8) is 0 Å². The van der Waals surface area contributed by atoms with Crippen molar-refractivity contribution in [2.45, 2.75) is 31.2 Å². The van der Waals surface area contributed by atoms with Gasteiger partial charge in [-0.05, 0) is 49.7 Å². The first-order chi connectivity index (χ1) is 12.3. The molecule has 0 radical (unpaired) electrons. The molecule has 0 aliphatic carbocycles. The van der Waals surface area contributed by atoms with Crippen LogP contribution < -0.4 is 14.8 Å². The summed E-state index contributed by atoms with van der Waals surface area (Å²) in [5.74, 6) is 0.127. The summed E-state index contributed by atoms with van der Waals surface area (Å²) >= 11 is 6.02. The van der Waals surface area contributed by atoms with Crippen molar-refractivity contribution in [2.75, 3.05) is 11.8 Å². The van der Waals surface area contributed by atoms with Gasteiger partial charge in [-0.25, -0.2) is 8.42 Å². The minimum absolute atomic E-state index is 0.00216. The van der Waals surface area contributed by atoms with E-state index in [9.17, 15) is 13.2 Å². The van der Waals surface area contributed by atoms with E-state index in [1.165, 1.54) is 31.4 Å². The third kappa shape index (κ3) is 4.89. The highest BCUT2D eigenvalue weighted by atomic mass is 35.5. The summed E-state index contributed by atoms with van der Waals surface area (Å²) in [6.07, 6.45) is 0.781. The van der Waals surface area contributed by atoms with E-state index >= 15 is 0 Å². The fraction of sp³-hybridized carbons (Fsp3) is 0.278. The Morgan fingerprint density at radius 2 is 1.96 bits per heavy atom. The number of carbonyl (C=O) groups excluding carboxylic acids is 1. The summed E-state index contributed by atoms with van der Waals surface area (Å²) in [5, 5.41) is 3.10. The summed E-state index contributed by atoms with van der Waals surface area (Å²) in [4.78, 5) is 12.2. The van der Waals surface area contributed by atoms with Crippen LogP contribution in [0.15, 0.2) is 47.4 Å². The van der Waals surface area contributed by atoms with Crippen LogP contribution in [0.5, 0.6) is 5.75 Å². The molecule has 1 unspecified atom stereocenters. The summed E-state index contributed by atoms with van der Waals surface area (Å²) in [6, 6.07) is 10.4. The molecule has 0 heterocycles. The molecular weight excluding hydrogens is 376 g/mol. The topological polar surface area (TPSA) is 84.5 Å². The maximum absolute atomic E-state index is 12.6. The second-order valence-corrected chi connectivity index (χ2v) is 7.86. The van der Waals surface area contributed by atoms with Gasteiger partial charge < -0.3 is 10.1 Å². The van der Waals surface area contributed by atoms with Crippen LogP contribution in [-0.2, 0) is 10.0 Å². The molecule has 26 heavy (non-hydrogen) atoms. The van der Waals surface area contributed by atoms with E-state index in [2.05, 4.69) is 10.0 Å². The number of methoxy groups -OCH3 is 1. The van der Waals surface area contributed by atoms with E-state index in [0.29, 0.717) is 11.4 Å². The molecule has 2 rings (SSSR count). The van der Waals surface area contributed by atoms with Crippen LogP contribution in [0.3, 0.4) is 0 Å². The van der Waals surface area contributed by atoms with Gasteiger partial charge in [-0.2, -0.15) is 0 Å². The molecule has 6 nitrogen and oxygen atoms in total. The van der Waals surface area contributed by atoms with Gasteiger partial charge in [0.1, 0.15) is 5.75 Å². The fourth-order valence-electron chi connectivity index (χ4n) is 2.16. The molecule has 0 spiro atoms. The smallest absolute Gasteiger partial charge is 0.261 e. The summed E-state index contributed by atoms with van der Waals surface area (Å²) in [5.41, 5.74) is 0.575. The Balaban J connectivity index is 2.25. The van der Waals surface area contributed by atoms with Gasteiger partial charge in [0, 0.05) is 11.6 Å². The quantitative estimate of drug-likeness (QED) is 0.747. The lowest BCUT2D eigenvalue weighted by Crippen LogP contribution is -2.32. The maximum atomic E-state index is 12.6. The number of sulfonamides is 1. The SMILES string of the molecule is CCC(C)NC(=O)c1cccc(S(=O)(=O)Nc2ccc(OC)c(Cl)c2)c1. The highest BCUT2D eigenvalue weighted by Gasteiger charge is 2.17. The minimum atomic E-state index is -3.87. The Bertz CT molecular complexity index is 900. The normalized spacial score (nSPS) is 12.3. The number of rotatable bonds is 7. The van der Waals surface area contributed by atoms with Gasteiger partial charge in [0.15, 0.2) is 0 Å². The third-order valence-corrected chi connectivity index (χ3v) is 5.47. The molecule has 1 amide bonds. The van der Waals surface area contributed by atoms with Gasteiger partial charge in [0.05, 0.1) is 22.7 Å². The molecule has 0 aliphatic rings. The molecule has 2 aromatic carbocycles. The molecular formula is C18H21ClN2O4S. The van der Waals surface area contributed by atoms with Crippen molar-refractivity contribution in [1.29, 1.82) is 0 Å². The minimum Gasteiger partial charge on any atom is -0.495 e. The van der Waals surface area contributed by atoms with Crippen LogP contribution >= 0.6 is 11.6 Å². The van der Waals surface area contributed by atoms with Gasteiger partial charge in [-0.1, -0.05) is 24.6 Å². The number of ether oxygens (including phenoxy) is 1. The predicted molar refractivity (Wildman–Crippen MR) is 102 cm³/mol. The largest absolute Gasteiger partial charge is 0.495 e. The zero-order chi connectivity index (χ0) is 19.3. The number of benzene rings is 2. The first kappa shape index (κ1) is 20.1. The van der Waals surface area contributed by atoms with Crippen LogP contribution in [0, 0.1) is 0 Å². The average molecular weight is 397 g/mol. The number of carbonyl (C=O) groups is 1. The Morgan fingerprint density at radius 3 is 2.58 bits per heavy atom. The van der Waals surface area contributed by atoms with Gasteiger partial charge >= 0.3 is 0 Å². The standard InChI is InChI=1S/C18H21ClN2O4S/c1-4-12(2)20-18(22)13-6-5-7-15(10-13)26(23,24)21-14-8-9-17(25-3)16(19)11-14/h5-12,21H,4H2,1-3H3,(H,20,22). The summed E-state index contributed by atoms with van der Waals surface area (Å²) in [7, 11) is -2.40.